The standard InChI is InChI=1S/C57H115N3O4Si2/c1-10-14-18-22-26-30-34-40-52-61-65(8,62-53-41-35-31-27-23-19-15-11-2)56-44-38-46-58(5)48-50-60(7)51-49-59(6)47-39-45-57-66(9,63-54-42-36-32-28-24-20-16-12-3)64-55-43-37-33-29-25-21-17-13-4/h26-33H,10-25,34-57H2,1-9H3/b30-26-,31-27-,32-28-,33-29-. The minimum atomic E-state index is -2.20. The van der Waals surface area contributed by atoms with Crippen molar-refractivity contribution in [3.05, 3.63) is 48.6 Å². The SMILES string of the molecule is CCCCC/C=C\CCCO[Si](C)(CCCCN(C)CCN(C)CCN(C)CCCC[Si](C)(OCCC/C=C\CCCCC)OCCC/C=C\CCCCC)OCCC/C=C\CCCCC. The molecule has 0 unspecified atom stereocenters. The van der Waals surface area contributed by atoms with E-state index in [1.54, 1.807) is 0 Å². The Morgan fingerprint density at radius 2 is 0.515 bits per heavy atom. The third-order valence-electron chi connectivity index (χ3n) is 12.8. The van der Waals surface area contributed by atoms with Gasteiger partial charge in [-0.05, 0) is 175 Å². The highest BCUT2D eigenvalue weighted by Gasteiger charge is 2.31. The van der Waals surface area contributed by atoms with Crippen LogP contribution in [-0.2, 0) is 17.7 Å². The first-order chi connectivity index (χ1) is 32.1. The van der Waals surface area contributed by atoms with Crippen LogP contribution in [0.15, 0.2) is 48.6 Å². The first-order valence-electron chi connectivity index (χ1n) is 28.3. The Balaban J connectivity index is 4.64. The molecule has 0 aliphatic rings. The quantitative estimate of drug-likeness (QED) is 0.0342. The molecule has 0 atom stereocenters. The number of allylic oxidation sites excluding steroid dienone is 8. The van der Waals surface area contributed by atoms with Gasteiger partial charge in [-0.25, -0.2) is 0 Å². The second-order valence-corrected chi connectivity index (χ2v) is 26.6. The van der Waals surface area contributed by atoms with Gasteiger partial charge in [0.1, 0.15) is 0 Å². The van der Waals surface area contributed by atoms with Crippen molar-refractivity contribution in [3.8, 4) is 0 Å². The molecule has 0 saturated carbocycles. The molecular formula is C57H115N3O4Si2. The monoisotopic (exact) mass is 962 g/mol. The van der Waals surface area contributed by atoms with Gasteiger partial charge < -0.3 is 32.4 Å². The number of hydrogen-bond acceptors (Lipinski definition) is 7. The minimum absolute atomic E-state index is 0.821. The average molecular weight is 963 g/mol. The molecule has 0 aliphatic heterocycles. The lowest BCUT2D eigenvalue weighted by atomic mass is 10.2. The van der Waals surface area contributed by atoms with Gasteiger partial charge in [0, 0.05) is 52.6 Å². The van der Waals surface area contributed by atoms with Crippen molar-refractivity contribution in [3.63, 3.8) is 0 Å². The van der Waals surface area contributed by atoms with Crippen molar-refractivity contribution in [1.29, 1.82) is 0 Å². The van der Waals surface area contributed by atoms with Crippen molar-refractivity contribution in [1.82, 2.24) is 14.7 Å². The summed E-state index contributed by atoms with van der Waals surface area (Å²) in [5.41, 5.74) is 0. The zero-order valence-electron chi connectivity index (χ0n) is 45.9. The highest BCUT2D eigenvalue weighted by atomic mass is 28.4. The van der Waals surface area contributed by atoms with Crippen molar-refractivity contribution >= 4 is 17.1 Å². The molecule has 0 aromatic heterocycles. The molecule has 390 valence electrons. The molecule has 0 radical (unpaired) electrons. The number of unbranched alkanes of at least 4 members (excludes halogenated alkanes) is 18. The third-order valence-corrected chi connectivity index (χ3v) is 18.6. The summed E-state index contributed by atoms with van der Waals surface area (Å²) in [5.74, 6) is 0. The molecule has 0 rings (SSSR count). The van der Waals surface area contributed by atoms with E-state index in [1.165, 1.54) is 128 Å². The van der Waals surface area contributed by atoms with E-state index in [-0.39, 0.29) is 0 Å². The van der Waals surface area contributed by atoms with E-state index < -0.39 is 17.1 Å². The van der Waals surface area contributed by atoms with Gasteiger partial charge >= 0.3 is 17.1 Å². The summed E-state index contributed by atoms with van der Waals surface area (Å²) in [5, 5.41) is 0. The molecule has 7 nitrogen and oxygen atoms in total. The van der Waals surface area contributed by atoms with Gasteiger partial charge in [0.15, 0.2) is 0 Å². The van der Waals surface area contributed by atoms with Crippen LogP contribution in [0.2, 0.25) is 25.2 Å². The smallest absolute Gasteiger partial charge is 0.334 e. The van der Waals surface area contributed by atoms with Crippen LogP contribution in [0, 0.1) is 0 Å². The molecule has 0 fully saturated rings. The van der Waals surface area contributed by atoms with E-state index in [0.717, 1.165) is 129 Å². The maximum absolute atomic E-state index is 6.62. The molecule has 9 heteroatoms. The van der Waals surface area contributed by atoms with Crippen LogP contribution >= 0.6 is 0 Å². The number of hydrogen-bond donors (Lipinski definition) is 0. The first-order valence-corrected chi connectivity index (χ1v) is 33.4. The van der Waals surface area contributed by atoms with Crippen LogP contribution in [0.25, 0.3) is 0 Å². The molecule has 0 saturated heterocycles. The number of likely N-dealkylation sites (N-methyl/N-ethyl adjacent to an activating group) is 3. The fraction of sp³-hybridized carbons (Fsp3) is 0.860. The van der Waals surface area contributed by atoms with Gasteiger partial charge in [0.05, 0.1) is 0 Å². The van der Waals surface area contributed by atoms with Gasteiger partial charge in [-0.1, -0.05) is 141 Å². The van der Waals surface area contributed by atoms with E-state index in [2.05, 4.69) is 125 Å². The zero-order valence-corrected chi connectivity index (χ0v) is 47.9. The molecule has 0 N–H and O–H groups in total. The predicted octanol–water partition coefficient (Wildman–Crippen LogP) is 16.2. The lowest BCUT2D eigenvalue weighted by Gasteiger charge is -2.28. The largest absolute Gasteiger partial charge is 0.394 e. The van der Waals surface area contributed by atoms with Crippen molar-refractivity contribution in [2.75, 3.05) is 86.8 Å². The summed E-state index contributed by atoms with van der Waals surface area (Å²) in [7, 11) is 2.47. The highest BCUT2D eigenvalue weighted by molar-refractivity contribution is 6.66. The Hall–Kier alpha value is -0.886. The third kappa shape index (κ3) is 45.6. The van der Waals surface area contributed by atoms with Crippen molar-refractivity contribution in [2.24, 2.45) is 0 Å². The molecule has 0 bridgehead atoms. The summed E-state index contributed by atoms with van der Waals surface area (Å²) in [6, 6.07) is 2.17. The van der Waals surface area contributed by atoms with Crippen molar-refractivity contribution in [2.45, 2.75) is 233 Å². The second-order valence-electron chi connectivity index (χ2n) is 19.9. The van der Waals surface area contributed by atoms with Crippen LogP contribution in [-0.4, -0.2) is 119 Å². The van der Waals surface area contributed by atoms with Crippen LogP contribution in [0.1, 0.15) is 207 Å². The summed E-state index contributed by atoms with van der Waals surface area (Å²) >= 11 is 0. The predicted molar refractivity (Wildman–Crippen MR) is 298 cm³/mol. The summed E-state index contributed by atoms with van der Waals surface area (Å²) in [4.78, 5) is 7.54. The van der Waals surface area contributed by atoms with E-state index in [9.17, 15) is 0 Å². The number of nitrogens with zero attached hydrogens (tertiary/aromatic N) is 3. The molecule has 66 heavy (non-hydrogen) atoms. The van der Waals surface area contributed by atoms with E-state index in [0.29, 0.717) is 0 Å². The maximum Gasteiger partial charge on any atom is 0.334 e. The second kappa shape index (κ2) is 49.1. The fourth-order valence-corrected chi connectivity index (χ4v) is 12.8. The van der Waals surface area contributed by atoms with Gasteiger partial charge in [0.2, 0.25) is 0 Å². The molecule has 0 aromatic carbocycles. The molecule has 0 heterocycles. The van der Waals surface area contributed by atoms with Crippen LogP contribution in [0.5, 0.6) is 0 Å². The molecule has 0 aliphatic carbocycles. The molecular weight excluding hydrogens is 847 g/mol. The van der Waals surface area contributed by atoms with E-state index in [1.807, 2.05) is 0 Å². The molecule has 0 spiro atoms. The van der Waals surface area contributed by atoms with Gasteiger partial charge in [-0.2, -0.15) is 0 Å². The van der Waals surface area contributed by atoms with E-state index in [4.69, 9.17) is 17.7 Å². The van der Waals surface area contributed by atoms with Crippen LogP contribution in [0.3, 0.4) is 0 Å². The normalized spacial score (nSPS) is 13.0. The topological polar surface area (TPSA) is 46.6 Å². The van der Waals surface area contributed by atoms with Gasteiger partial charge in [-0.15, -0.1) is 0 Å². The molecule has 0 amide bonds. The van der Waals surface area contributed by atoms with Crippen molar-refractivity contribution < 1.29 is 17.7 Å². The lowest BCUT2D eigenvalue weighted by Crippen LogP contribution is -2.40. The van der Waals surface area contributed by atoms with Gasteiger partial charge in [-0.3, -0.25) is 0 Å². The maximum atomic E-state index is 6.62. The lowest BCUT2D eigenvalue weighted by molar-refractivity contribution is 0.168. The zero-order chi connectivity index (χ0) is 48.5. The van der Waals surface area contributed by atoms with Crippen LogP contribution < -0.4 is 0 Å². The fourth-order valence-electron chi connectivity index (χ4n) is 7.99. The van der Waals surface area contributed by atoms with E-state index >= 15 is 0 Å². The Morgan fingerprint density at radius 1 is 0.288 bits per heavy atom. The average Bonchev–Trinajstić information content (AvgIpc) is 3.31. The summed E-state index contributed by atoms with van der Waals surface area (Å²) < 4.78 is 26.5. The summed E-state index contributed by atoms with van der Waals surface area (Å²) in [6.07, 6.45) is 53.0. The summed E-state index contributed by atoms with van der Waals surface area (Å²) in [6.45, 7) is 23.7. The number of rotatable bonds is 52. The Labute approximate surface area is 415 Å². The van der Waals surface area contributed by atoms with Gasteiger partial charge in [0.25, 0.3) is 0 Å². The highest BCUT2D eigenvalue weighted by Crippen LogP contribution is 2.21. The molecule has 0 aromatic rings. The minimum Gasteiger partial charge on any atom is -0.394 e. The Bertz CT molecular complexity index is 981. The Kier molecular flexibility index (Phi) is 48.4. The first kappa shape index (κ1) is 65.1. The Morgan fingerprint density at radius 3 is 0.758 bits per heavy atom. The van der Waals surface area contributed by atoms with Crippen LogP contribution in [0.4, 0.5) is 0 Å².